The second-order valence-electron chi connectivity index (χ2n) is 5.23. The highest BCUT2D eigenvalue weighted by molar-refractivity contribution is 5.87. The van der Waals surface area contributed by atoms with Gasteiger partial charge in [0, 0.05) is 25.9 Å². The van der Waals surface area contributed by atoms with Crippen LogP contribution in [0.15, 0.2) is 24.3 Å². The summed E-state index contributed by atoms with van der Waals surface area (Å²) in [5, 5.41) is 11.8. The zero-order chi connectivity index (χ0) is 14.7. The predicted octanol–water partition coefficient (Wildman–Crippen LogP) is 0.457. The Bertz CT molecular complexity index is 516. The lowest BCUT2D eigenvalue weighted by Crippen LogP contribution is -2.53. The van der Waals surface area contributed by atoms with Gasteiger partial charge in [-0.15, -0.1) is 0 Å². The molecule has 2 N–H and O–H groups in total. The zero-order valence-electron chi connectivity index (χ0n) is 11.8. The Balaban J connectivity index is 2.22. The zero-order valence-corrected chi connectivity index (χ0v) is 11.8. The Morgan fingerprint density at radius 2 is 2.05 bits per heavy atom. The van der Waals surface area contributed by atoms with Crippen LogP contribution in [0.25, 0.3) is 0 Å². The molecule has 5 nitrogen and oxygen atoms in total. The fraction of sp³-hybridized carbons (Fsp3) is 0.467. The van der Waals surface area contributed by atoms with Crippen molar-refractivity contribution >= 4 is 11.8 Å². The van der Waals surface area contributed by atoms with Crippen LogP contribution in [0.4, 0.5) is 0 Å². The van der Waals surface area contributed by atoms with Gasteiger partial charge in [-0.05, 0) is 18.1 Å². The Morgan fingerprint density at radius 1 is 1.40 bits per heavy atom. The fourth-order valence-electron chi connectivity index (χ4n) is 2.47. The first-order chi connectivity index (χ1) is 9.52. The number of hydrogen-bond acceptors (Lipinski definition) is 3. The van der Waals surface area contributed by atoms with Gasteiger partial charge in [0.25, 0.3) is 0 Å². The van der Waals surface area contributed by atoms with E-state index in [1.807, 2.05) is 24.3 Å². The number of nitrogens with one attached hydrogen (secondary N) is 1. The summed E-state index contributed by atoms with van der Waals surface area (Å²) in [6, 6.07) is 7.03. The van der Waals surface area contributed by atoms with Crippen LogP contribution in [0, 0.1) is 0 Å². The number of carbonyl (C=O) groups excluding carboxylic acids is 2. The number of fused-ring (bicyclic) bond motifs is 1. The molecule has 108 valence electrons. The monoisotopic (exact) mass is 276 g/mol. The summed E-state index contributed by atoms with van der Waals surface area (Å²) < 4.78 is 0. The SMILES string of the molecule is CC(=O)N1Cc2ccccc2C[C@H]1C(=O)NC(C)CO. The minimum atomic E-state index is -0.503. The lowest BCUT2D eigenvalue weighted by molar-refractivity contribution is -0.140. The van der Waals surface area contributed by atoms with Gasteiger partial charge in [-0.25, -0.2) is 0 Å². The molecule has 0 aromatic heterocycles. The molecule has 0 aliphatic carbocycles. The maximum atomic E-state index is 12.3. The van der Waals surface area contributed by atoms with Crippen LogP contribution in [-0.4, -0.2) is 40.5 Å². The summed E-state index contributed by atoms with van der Waals surface area (Å²) in [5.74, 6) is -0.326. The average molecular weight is 276 g/mol. The number of benzene rings is 1. The van der Waals surface area contributed by atoms with Gasteiger partial charge in [-0.2, -0.15) is 0 Å². The van der Waals surface area contributed by atoms with E-state index >= 15 is 0 Å². The smallest absolute Gasteiger partial charge is 0.243 e. The third-order valence-corrected chi connectivity index (χ3v) is 3.62. The van der Waals surface area contributed by atoms with Crippen molar-refractivity contribution in [2.75, 3.05) is 6.61 Å². The number of nitrogens with zero attached hydrogens (tertiary/aromatic N) is 1. The summed E-state index contributed by atoms with van der Waals surface area (Å²) in [7, 11) is 0. The molecule has 1 unspecified atom stereocenters. The van der Waals surface area contributed by atoms with Crippen LogP contribution in [0.5, 0.6) is 0 Å². The molecule has 0 fully saturated rings. The first-order valence-electron chi connectivity index (χ1n) is 6.78. The van der Waals surface area contributed by atoms with Crippen LogP contribution in [0.2, 0.25) is 0 Å². The summed E-state index contributed by atoms with van der Waals surface area (Å²) in [5.41, 5.74) is 2.18. The average Bonchev–Trinajstić information content (AvgIpc) is 2.45. The van der Waals surface area contributed by atoms with E-state index < -0.39 is 6.04 Å². The number of amides is 2. The Morgan fingerprint density at radius 3 is 2.65 bits per heavy atom. The van der Waals surface area contributed by atoms with E-state index in [1.54, 1.807) is 11.8 Å². The maximum Gasteiger partial charge on any atom is 0.243 e. The van der Waals surface area contributed by atoms with E-state index in [0.717, 1.165) is 11.1 Å². The van der Waals surface area contributed by atoms with E-state index in [2.05, 4.69) is 5.32 Å². The predicted molar refractivity (Wildman–Crippen MR) is 74.8 cm³/mol. The molecule has 2 amide bonds. The first kappa shape index (κ1) is 14.5. The van der Waals surface area contributed by atoms with E-state index in [1.165, 1.54) is 6.92 Å². The highest BCUT2D eigenvalue weighted by atomic mass is 16.3. The Kier molecular flexibility index (Phi) is 4.39. The molecule has 0 radical (unpaired) electrons. The minimum Gasteiger partial charge on any atom is -0.394 e. The van der Waals surface area contributed by atoms with Crippen LogP contribution in [-0.2, 0) is 22.6 Å². The molecule has 0 spiro atoms. The van der Waals surface area contributed by atoms with E-state index in [4.69, 9.17) is 5.11 Å². The maximum absolute atomic E-state index is 12.3. The van der Waals surface area contributed by atoms with Crippen molar-refractivity contribution in [2.24, 2.45) is 0 Å². The van der Waals surface area contributed by atoms with Gasteiger partial charge in [0.05, 0.1) is 6.61 Å². The molecule has 0 saturated carbocycles. The number of rotatable bonds is 3. The van der Waals surface area contributed by atoms with Gasteiger partial charge >= 0.3 is 0 Å². The number of aliphatic hydroxyl groups is 1. The lowest BCUT2D eigenvalue weighted by Gasteiger charge is -2.35. The van der Waals surface area contributed by atoms with Gasteiger partial charge in [0.1, 0.15) is 6.04 Å². The van der Waals surface area contributed by atoms with E-state index in [9.17, 15) is 9.59 Å². The van der Waals surface area contributed by atoms with Crippen molar-refractivity contribution in [3.05, 3.63) is 35.4 Å². The third kappa shape index (κ3) is 2.99. The standard InChI is InChI=1S/C15H20N2O3/c1-10(9-18)16-15(20)14-7-12-5-3-4-6-13(12)8-17(14)11(2)19/h3-6,10,14,18H,7-9H2,1-2H3,(H,16,20)/t10?,14-/m0/s1. The second kappa shape index (κ2) is 6.05. The van der Waals surface area contributed by atoms with Crippen LogP contribution >= 0.6 is 0 Å². The van der Waals surface area contributed by atoms with E-state index in [0.29, 0.717) is 13.0 Å². The molecule has 20 heavy (non-hydrogen) atoms. The van der Waals surface area contributed by atoms with Crippen LogP contribution < -0.4 is 5.32 Å². The molecule has 2 atom stereocenters. The molecule has 5 heteroatoms. The number of carbonyl (C=O) groups is 2. The second-order valence-corrected chi connectivity index (χ2v) is 5.23. The van der Waals surface area contributed by atoms with Crippen LogP contribution in [0.3, 0.4) is 0 Å². The van der Waals surface area contributed by atoms with Gasteiger partial charge in [0.2, 0.25) is 11.8 Å². The Labute approximate surface area is 118 Å². The highest BCUT2D eigenvalue weighted by Gasteiger charge is 2.33. The molecule has 1 aromatic rings. The normalized spacial score (nSPS) is 19.1. The van der Waals surface area contributed by atoms with Gasteiger partial charge in [0.15, 0.2) is 0 Å². The van der Waals surface area contributed by atoms with Gasteiger partial charge < -0.3 is 15.3 Å². The highest BCUT2D eigenvalue weighted by Crippen LogP contribution is 2.23. The van der Waals surface area contributed by atoms with Crippen molar-refractivity contribution < 1.29 is 14.7 Å². The van der Waals surface area contributed by atoms with Gasteiger partial charge in [-0.3, -0.25) is 9.59 Å². The molecular weight excluding hydrogens is 256 g/mol. The van der Waals surface area contributed by atoms with Crippen molar-refractivity contribution in [1.82, 2.24) is 10.2 Å². The quantitative estimate of drug-likeness (QED) is 0.842. The third-order valence-electron chi connectivity index (χ3n) is 3.62. The lowest BCUT2D eigenvalue weighted by atomic mass is 9.93. The Hall–Kier alpha value is -1.88. The summed E-state index contributed by atoms with van der Waals surface area (Å²) in [4.78, 5) is 25.6. The minimum absolute atomic E-state index is 0.115. The first-order valence-corrected chi connectivity index (χ1v) is 6.78. The van der Waals surface area contributed by atoms with Gasteiger partial charge in [-0.1, -0.05) is 24.3 Å². The van der Waals surface area contributed by atoms with E-state index in [-0.39, 0.29) is 24.5 Å². The topological polar surface area (TPSA) is 69.6 Å². The number of aliphatic hydroxyl groups excluding tert-OH is 1. The fourth-order valence-corrected chi connectivity index (χ4v) is 2.47. The number of hydrogen-bond donors (Lipinski definition) is 2. The van der Waals surface area contributed by atoms with Crippen molar-refractivity contribution in [2.45, 2.75) is 38.9 Å². The molecule has 1 aliphatic heterocycles. The van der Waals surface area contributed by atoms with Crippen molar-refractivity contribution in [3.63, 3.8) is 0 Å². The summed E-state index contributed by atoms with van der Waals surface area (Å²) in [6.07, 6.45) is 0.514. The van der Waals surface area contributed by atoms with Crippen LogP contribution in [0.1, 0.15) is 25.0 Å². The molecule has 0 bridgehead atoms. The summed E-state index contributed by atoms with van der Waals surface area (Å²) in [6.45, 7) is 3.54. The molecule has 1 aliphatic rings. The largest absolute Gasteiger partial charge is 0.394 e. The molecule has 2 rings (SSSR count). The molecular formula is C15H20N2O3. The van der Waals surface area contributed by atoms with Crippen molar-refractivity contribution in [1.29, 1.82) is 0 Å². The molecule has 0 saturated heterocycles. The summed E-state index contributed by atoms with van der Waals surface area (Å²) >= 11 is 0. The van der Waals surface area contributed by atoms with Crippen molar-refractivity contribution in [3.8, 4) is 0 Å². The molecule has 1 heterocycles. The molecule has 1 aromatic carbocycles.